The van der Waals surface area contributed by atoms with Crippen LogP contribution in [0.4, 0.5) is 10.5 Å². The normalized spacial score (nSPS) is 19.0. The molecule has 1 unspecified atom stereocenters. The minimum Gasteiger partial charge on any atom is -0.444 e. The van der Waals surface area contributed by atoms with Crippen LogP contribution < -0.4 is 10.2 Å². The highest BCUT2D eigenvalue weighted by molar-refractivity contribution is 6.11. The van der Waals surface area contributed by atoms with E-state index in [1.807, 2.05) is 56.3 Å². The maximum Gasteiger partial charge on any atom is 0.409 e. The Morgan fingerprint density at radius 3 is 2.22 bits per heavy atom. The van der Waals surface area contributed by atoms with Gasteiger partial charge in [-0.05, 0) is 46.2 Å². The molecule has 1 heterocycles. The Hall–Kier alpha value is -2.82. The molecule has 2 amide bonds. The molecule has 0 saturated heterocycles. The van der Waals surface area contributed by atoms with Crippen molar-refractivity contribution in [1.82, 2.24) is 5.32 Å². The van der Waals surface area contributed by atoms with Gasteiger partial charge in [0.05, 0.1) is 0 Å². The molecule has 1 atom stereocenters. The van der Waals surface area contributed by atoms with Crippen LogP contribution >= 0.6 is 0 Å². The first-order chi connectivity index (χ1) is 12.5. The summed E-state index contributed by atoms with van der Waals surface area (Å²) in [5.41, 5.74) is 2.36. The summed E-state index contributed by atoms with van der Waals surface area (Å²) in [6, 6.07) is 13.5. The van der Waals surface area contributed by atoms with Crippen LogP contribution in [0, 0.1) is 13.8 Å². The van der Waals surface area contributed by atoms with Crippen molar-refractivity contribution in [3.05, 3.63) is 64.7 Å². The monoisotopic (exact) mass is 366 g/mol. The Morgan fingerprint density at radius 1 is 1.04 bits per heavy atom. The summed E-state index contributed by atoms with van der Waals surface area (Å²) in [5.74, 6) is -0.210. The fraction of sp³-hybridized carbons (Fsp3) is 0.364. The number of hydrogen-bond acceptors (Lipinski definition) is 3. The number of amides is 2. The van der Waals surface area contributed by atoms with Gasteiger partial charge in [-0.3, -0.25) is 10.1 Å². The molecule has 27 heavy (non-hydrogen) atoms. The van der Waals surface area contributed by atoms with E-state index in [1.165, 1.54) is 0 Å². The van der Waals surface area contributed by atoms with E-state index < -0.39 is 17.2 Å². The highest BCUT2D eigenvalue weighted by Crippen LogP contribution is 2.44. The first-order valence-corrected chi connectivity index (χ1v) is 9.02. The molecular weight excluding hydrogens is 340 g/mol. The maximum absolute atomic E-state index is 13.4. The zero-order valence-electron chi connectivity index (χ0n) is 16.7. The standard InChI is InChI=1S/C22H26N2O3/c1-14-7-10-16(11-8-14)22(23-20(26)27-21(3,4)5)17-13-15(2)9-12-18(17)24(6)19(22)25/h7-13H,1-6H3,(H,23,26). The second-order valence-electron chi connectivity index (χ2n) is 8.13. The predicted molar refractivity (Wildman–Crippen MR) is 106 cm³/mol. The van der Waals surface area contributed by atoms with Crippen LogP contribution in [-0.4, -0.2) is 24.6 Å². The number of carbonyl (C=O) groups excluding carboxylic acids is 2. The molecule has 1 N–H and O–H groups in total. The summed E-state index contributed by atoms with van der Waals surface area (Å²) < 4.78 is 5.48. The van der Waals surface area contributed by atoms with E-state index >= 15 is 0 Å². The molecule has 0 spiro atoms. The van der Waals surface area contributed by atoms with Crippen molar-refractivity contribution in [3.63, 3.8) is 0 Å². The number of carbonyl (C=O) groups is 2. The van der Waals surface area contributed by atoms with E-state index in [0.29, 0.717) is 5.56 Å². The number of rotatable bonds is 2. The second-order valence-corrected chi connectivity index (χ2v) is 8.13. The van der Waals surface area contributed by atoms with E-state index in [0.717, 1.165) is 22.4 Å². The molecule has 0 saturated carbocycles. The van der Waals surface area contributed by atoms with Crippen LogP contribution in [0.25, 0.3) is 0 Å². The Labute approximate surface area is 160 Å². The lowest BCUT2D eigenvalue weighted by Gasteiger charge is -2.31. The fourth-order valence-electron chi connectivity index (χ4n) is 3.45. The summed E-state index contributed by atoms with van der Waals surface area (Å²) in [5, 5.41) is 2.90. The van der Waals surface area contributed by atoms with Crippen molar-refractivity contribution in [1.29, 1.82) is 0 Å². The van der Waals surface area contributed by atoms with E-state index in [4.69, 9.17) is 4.74 Å². The van der Waals surface area contributed by atoms with Crippen LogP contribution in [-0.2, 0) is 15.1 Å². The first kappa shape index (κ1) is 19.0. The van der Waals surface area contributed by atoms with Gasteiger partial charge in [-0.15, -0.1) is 0 Å². The molecule has 5 nitrogen and oxygen atoms in total. The van der Waals surface area contributed by atoms with Gasteiger partial charge in [-0.1, -0.05) is 47.5 Å². The number of aryl methyl sites for hydroxylation is 2. The van der Waals surface area contributed by atoms with Crippen molar-refractivity contribution in [2.45, 2.75) is 45.8 Å². The second kappa shape index (κ2) is 6.41. The molecule has 2 aromatic rings. The van der Waals surface area contributed by atoms with Gasteiger partial charge in [0.1, 0.15) is 5.60 Å². The molecule has 0 radical (unpaired) electrons. The highest BCUT2D eigenvalue weighted by Gasteiger charge is 2.53. The number of nitrogens with zero attached hydrogens (tertiary/aromatic N) is 1. The van der Waals surface area contributed by atoms with E-state index in [9.17, 15) is 9.59 Å². The number of hydrogen-bond donors (Lipinski definition) is 1. The Kier molecular flexibility index (Phi) is 4.50. The van der Waals surface area contributed by atoms with Gasteiger partial charge >= 0.3 is 6.09 Å². The van der Waals surface area contributed by atoms with Gasteiger partial charge in [0, 0.05) is 18.3 Å². The molecule has 0 fully saturated rings. The Balaban J connectivity index is 2.20. The number of ether oxygens (including phenoxy) is 1. The van der Waals surface area contributed by atoms with Crippen molar-refractivity contribution in [2.75, 3.05) is 11.9 Å². The van der Waals surface area contributed by atoms with Gasteiger partial charge in [-0.2, -0.15) is 0 Å². The zero-order valence-corrected chi connectivity index (χ0v) is 16.7. The van der Waals surface area contributed by atoms with Crippen molar-refractivity contribution < 1.29 is 14.3 Å². The maximum atomic E-state index is 13.4. The SMILES string of the molecule is Cc1ccc(C2(NC(=O)OC(C)(C)C)C(=O)N(C)c3ccc(C)cc32)cc1. The Morgan fingerprint density at radius 2 is 1.63 bits per heavy atom. The number of fused-ring (bicyclic) bond motifs is 1. The third-order valence-corrected chi connectivity index (χ3v) is 4.72. The van der Waals surface area contributed by atoms with Gasteiger partial charge < -0.3 is 9.64 Å². The van der Waals surface area contributed by atoms with Crippen LogP contribution in [0.2, 0.25) is 0 Å². The van der Waals surface area contributed by atoms with Crippen LogP contribution in [0.3, 0.4) is 0 Å². The molecule has 0 bridgehead atoms. The van der Waals surface area contributed by atoms with E-state index in [2.05, 4.69) is 5.32 Å². The largest absolute Gasteiger partial charge is 0.444 e. The molecule has 0 aromatic heterocycles. The number of benzene rings is 2. The molecule has 3 rings (SSSR count). The summed E-state index contributed by atoms with van der Waals surface area (Å²) in [4.78, 5) is 27.7. The third-order valence-electron chi connectivity index (χ3n) is 4.72. The topological polar surface area (TPSA) is 58.6 Å². The number of anilines is 1. The average Bonchev–Trinajstić information content (AvgIpc) is 2.76. The fourth-order valence-corrected chi connectivity index (χ4v) is 3.45. The Bertz CT molecular complexity index is 897. The predicted octanol–water partition coefficient (Wildman–Crippen LogP) is 4.05. The van der Waals surface area contributed by atoms with Crippen LogP contribution in [0.15, 0.2) is 42.5 Å². The van der Waals surface area contributed by atoms with Crippen molar-refractivity contribution >= 4 is 17.7 Å². The molecule has 1 aliphatic rings. The quantitative estimate of drug-likeness (QED) is 0.872. The lowest BCUT2D eigenvalue weighted by Crippen LogP contribution is -2.54. The lowest BCUT2D eigenvalue weighted by molar-refractivity contribution is -0.122. The summed E-state index contributed by atoms with van der Waals surface area (Å²) in [7, 11) is 1.73. The van der Waals surface area contributed by atoms with Crippen LogP contribution in [0.5, 0.6) is 0 Å². The molecular formula is C22H26N2O3. The van der Waals surface area contributed by atoms with E-state index in [1.54, 1.807) is 32.7 Å². The van der Waals surface area contributed by atoms with Gasteiger partial charge in [0.15, 0.2) is 5.54 Å². The number of likely N-dealkylation sites (N-methyl/N-ethyl adjacent to an activating group) is 1. The minimum atomic E-state index is -1.31. The van der Waals surface area contributed by atoms with Crippen molar-refractivity contribution in [2.24, 2.45) is 0 Å². The molecule has 5 heteroatoms. The number of nitrogens with one attached hydrogen (secondary N) is 1. The lowest BCUT2D eigenvalue weighted by atomic mass is 9.83. The summed E-state index contributed by atoms with van der Waals surface area (Å²) in [6.45, 7) is 9.35. The average molecular weight is 366 g/mol. The molecule has 2 aromatic carbocycles. The van der Waals surface area contributed by atoms with Gasteiger partial charge in [-0.25, -0.2) is 4.79 Å². The minimum absolute atomic E-state index is 0.210. The smallest absolute Gasteiger partial charge is 0.409 e. The molecule has 1 aliphatic heterocycles. The molecule has 142 valence electrons. The van der Waals surface area contributed by atoms with Gasteiger partial charge in [0.2, 0.25) is 0 Å². The van der Waals surface area contributed by atoms with Crippen molar-refractivity contribution in [3.8, 4) is 0 Å². The third kappa shape index (κ3) is 3.29. The highest BCUT2D eigenvalue weighted by atomic mass is 16.6. The van der Waals surface area contributed by atoms with E-state index in [-0.39, 0.29) is 5.91 Å². The summed E-state index contributed by atoms with van der Waals surface area (Å²) >= 11 is 0. The zero-order chi connectivity index (χ0) is 20.0. The summed E-state index contributed by atoms with van der Waals surface area (Å²) in [6.07, 6.45) is -0.626. The van der Waals surface area contributed by atoms with Gasteiger partial charge in [0.25, 0.3) is 5.91 Å². The van der Waals surface area contributed by atoms with Crippen LogP contribution in [0.1, 0.15) is 43.0 Å². The first-order valence-electron chi connectivity index (χ1n) is 9.02. The molecule has 0 aliphatic carbocycles. The number of alkyl carbamates (subject to hydrolysis) is 1.